The molecule has 4 heteroatoms. The second-order valence-electron chi connectivity index (χ2n) is 6.80. The Morgan fingerprint density at radius 2 is 1.88 bits per heavy atom. The predicted molar refractivity (Wildman–Crippen MR) is 103 cm³/mol. The minimum atomic E-state index is -0.0408. The number of thiazole rings is 1. The van der Waals surface area contributed by atoms with Gasteiger partial charge in [-0.15, -0.1) is 11.3 Å². The lowest BCUT2D eigenvalue weighted by atomic mass is 9.90. The monoisotopic (exact) mass is 350 g/mol. The van der Waals surface area contributed by atoms with E-state index in [2.05, 4.69) is 18.2 Å². The summed E-state index contributed by atoms with van der Waals surface area (Å²) in [6, 6.07) is 14.3. The van der Waals surface area contributed by atoms with Crippen molar-refractivity contribution in [2.24, 2.45) is 0 Å². The third-order valence-electron chi connectivity index (χ3n) is 5.16. The van der Waals surface area contributed by atoms with Crippen molar-refractivity contribution >= 4 is 27.5 Å². The first-order chi connectivity index (χ1) is 12.1. The average Bonchev–Trinajstić information content (AvgIpc) is 3.10. The molecule has 2 aromatic carbocycles. The van der Waals surface area contributed by atoms with Crippen LogP contribution in [-0.4, -0.2) is 22.8 Å². The number of benzene rings is 2. The fraction of sp³-hybridized carbons (Fsp3) is 0.333. The zero-order valence-corrected chi connectivity index (χ0v) is 15.5. The van der Waals surface area contributed by atoms with Crippen LogP contribution in [0.25, 0.3) is 10.2 Å². The lowest BCUT2D eigenvalue weighted by Gasteiger charge is -2.24. The summed E-state index contributed by atoms with van der Waals surface area (Å²) in [4.78, 5) is 19.5. The second kappa shape index (κ2) is 6.60. The highest BCUT2D eigenvalue weighted by Gasteiger charge is 2.22. The highest BCUT2D eigenvalue weighted by molar-refractivity contribution is 7.18. The van der Waals surface area contributed by atoms with Gasteiger partial charge in [0.1, 0.15) is 5.01 Å². The van der Waals surface area contributed by atoms with E-state index < -0.39 is 0 Å². The molecule has 0 fully saturated rings. The maximum absolute atomic E-state index is 13.0. The number of rotatable bonds is 3. The van der Waals surface area contributed by atoms with E-state index in [-0.39, 0.29) is 11.9 Å². The predicted octanol–water partition coefficient (Wildman–Crippen LogP) is 5.01. The first-order valence-corrected chi connectivity index (χ1v) is 9.69. The number of carbonyl (C=O) groups is 1. The standard InChI is InChI=1S/C21H22N2OS/c1-14(20-22-18-9-5-6-10-19(18)25-20)23(2)21(24)17-12-11-15-7-3-4-8-16(15)13-17/h5-6,9-14H,3-4,7-8H2,1-2H3/t14-/m0/s1. The van der Waals surface area contributed by atoms with E-state index in [1.165, 1.54) is 28.7 Å². The van der Waals surface area contributed by atoms with Crippen LogP contribution in [0.1, 0.15) is 52.3 Å². The molecular formula is C21H22N2OS. The third kappa shape index (κ3) is 3.07. The quantitative estimate of drug-likeness (QED) is 0.665. The van der Waals surface area contributed by atoms with E-state index >= 15 is 0 Å². The van der Waals surface area contributed by atoms with E-state index in [4.69, 9.17) is 4.98 Å². The molecule has 3 nitrogen and oxygen atoms in total. The SMILES string of the molecule is C[C@@H](c1nc2ccccc2s1)N(C)C(=O)c1ccc2c(c1)CCCC2. The maximum atomic E-state index is 13.0. The fourth-order valence-electron chi connectivity index (χ4n) is 3.48. The van der Waals surface area contributed by atoms with Crippen LogP contribution in [0, 0.1) is 0 Å². The Balaban J connectivity index is 1.58. The molecule has 4 rings (SSSR count). The van der Waals surface area contributed by atoms with E-state index in [9.17, 15) is 4.79 Å². The molecule has 0 saturated heterocycles. The molecule has 128 valence electrons. The van der Waals surface area contributed by atoms with Crippen LogP contribution < -0.4 is 0 Å². The molecule has 0 spiro atoms. The summed E-state index contributed by atoms with van der Waals surface area (Å²) in [5.41, 5.74) is 4.54. The Bertz CT molecular complexity index is 898. The van der Waals surface area contributed by atoms with Gasteiger partial charge in [-0.25, -0.2) is 4.98 Å². The number of fused-ring (bicyclic) bond motifs is 2. The normalized spacial score (nSPS) is 15.0. The number of hydrogen-bond acceptors (Lipinski definition) is 3. The van der Waals surface area contributed by atoms with Gasteiger partial charge in [-0.2, -0.15) is 0 Å². The number of amides is 1. The van der Waals surface area contributed by atoms with Gasteiger partial charge in [0.05, 0.1) is 16.3 Å². The summed E-state index contributed by atoms with van der Waals surface area (Å²) in [5, 5.41) is 0.981. The number of carbonyl (C=O) groups excluding carboxylic acids is 1. The number of aromatic nitrogens is 1. The first kappa shape index (κ1) is 16.3. The number of nitrogens with zero attached hydrogens (tertiary/aromatic N) is 2. The number of hydrogen-bond donors (Lipinski definition) is 0. The summed E-state index contributed by atoms with van der Waals surface area (Å²) in [5.74, 6) is 0.0696. The molecule has 0 aliphatic heterocycles. The van der Waals surface area contributed by atoms with Gasteiger partial charge in [-0.05, 0) is 68.0 Å². The molecule has 0 unspecified atom stereocenters. The summed E-state index contributed by atoms with van der Waals surface area (Å²) >= 11 is 1.66. The van der Waals surface area contributed by atoms with Crippen LogP contribution in [0.4, 0.5) is 0 Å². The second-order valence-corrected chi connectivity index (χ2v) is 7.86. The summed E-state index contributed by atoms with van der Waals surface area (Å²) in [6.45, 7) is 2.05. The molecule has 1 aliphatic rings. The molecule has 0 radical (unpaired) electrons. The smallest absolute Gasteiger partial charge is 0.254 e. The van der Waals surface area contributed by atoms with E-state index in [1.807, 2.05) is 43.1 Å². The summed E-state index contributed by atoms with van der Waals surface area (Å²) < 4.78 is 1.17. The highest BCUT2D eigenvalue weighted by atomic mass is 32.1. The van der Waals surface area contributed by atoms with Crippen LogP contribution >= 0.6 is 11.3 Å². The van der Waals surface area contributed by atoms with Gasteiger partial charge >= 0.3 is 0 Å². The van der Waals surface area contributed by atoms with Crippen molar-refractivity contribution in [1.29, 1.82) is 0 Å². The van der Waals surface area contributed by atoms with Crippen molar-refractivity contribution in [3.05, 3.63) is 64.2 Å². The van der Waals surface area contributed by atoms with Crippen LogP contribution in [0.5, 0.6) is 0 Å². The Morgan fingerprint density at radius 1 is 1.12 bits per heavy atom. The van der Waals surface area contributed by atoms with Crippen LogP contribution in [-0.2, 0) is 12.8 Å². The first-order valence-electron chi connectivity index (χ1n) is 8.88. The molecule has 0 bridgehead atoms. The van der Waals surface area contributed by atoms with Crippen molar-refractivity contribution in [3.63, 3.8) is 0 Å². The Morgan fingerprint density at radius 3 is 2.68 bits per heavy atom. The Labute approximate surface area is 152 Å². The molecule has 0 saturated carbocycles. The Hall–Kier alpha value is -2.20. The maximum Gasteiger partial charge on any atom is 0.254 e. The molecule has 1 aromatic heterocycles. The van der Waals surface area contributed by atoms with Crippen molar-refractivity contribution < 1.29 is 4.79 Å². The van der Waals surface area contributed by atoms with Crippen molar-refractivity contribution in [1.82, 2.24) is 9.88 Å². The number of aryl methyl sites for hydroxylation is 2. The third-order valence-corrected chi connectivity index (χ3v) is 6.37. The van der Waals surface area contributed by atoms with E-state index in [0.29, 0.717) is 0 Å². The van der Waals surface area contributed by atoms with Gasteiger partial charge in [0.2, 0.25) is 0 Å². The van der Waals surface area contributed by atoms with Crippen molar-refractivity contribution in [2.75, 3.05) is 7.05 Å². The molecule has 3 aromatic rings. The molecule has 1 atom stereocenters. The van der Waals surface area contributed by atoms with Crippen molar-refractivity contribution in [3.8, 4) is 0 Å². The lowest BCUT2D eigenvalue weighted by Crippen LogP contribution is -2.29. The largest absolute Gasteiger partial charge is 0.333 e. The van der Waals surface area contributed by atoms with Crippen molar-refractivity contribution in [2.45, 2.75) is 38.6 Å². The highest BCUT2D eigenvalue weighted by Crippen LogP contribution is 2.30. The fourth-order valence-corrected chi connectivity index (χ4v) is 4.54. The van der Waals surface area contributed by atoms with E-state index in [0.717, 1.165) is 28.9 Å². The van der Waals surface area contributed by atoms with Crippen LogP contribution in [0.2, 0.25) is 0 Å². The van der Waals surface area contributed by atoms with Gasteiger partial charge in [0.25, 0.3) is 5.91 Å². The lowest BCUT2D eigenvalue weighted by molar-refractivity contribution is 0.0742. The summed E-state index contributed by atoms with van der Waals surface area (Å²) in [6.07, 6.45) is 4.72. The number of para-hydroxylation sites is 1. The minimum Gasteiger partial charge on any atom is -0.333 e. The zero-order chi connectivity index (χ0) is 17.4. The topological polar surface area (TPSA) is 33.2 Å². The Kier molecular flexibility index (Phi) is 4.30. The zero-order valence-electron chi connectivity index (χ0n) is 14.7. The van der Waals surface area contributed by atoms with E-state index in [1.54, 1.807) is 11.3 Å². The summed E-state index contributed by atoms with van der Waals surface area (Å²) in [7, 11) is 1.87. The molecule has 1 heterocycles. The van der Waals surface area contributed by atoms with Gasteiger partial charge in [-0.1, -0.05) is 18.2 Å². The average molecular weight is 350 g/mol. The molecular weight excluding hydrogens is 328 g/mol. The minimum absolute atomic E-state index is 0.0408. The van der Waals surface area contributed by atoms with Crippen LogP contribution in [0.15, 0.2) is 42.5 Å². The van der Waals surface area contributed by atoms with Gasteiger partial charge < -0.3 is 4.90 Å². The van der Waals surface area contributed by atoms with Gasteiger partial charge in [0, 0.05) is 12.6 Å². The van der Waals surface area contributed by atoms with Gasteiger partial charge in [0.15, 0.2) is 0 Å². The molecule has 1 amide bonds. The molecule has 0 N–H and O–H groups in total. The molecule has 1 aliphatic carbocycles. The molecule has 25 heavy (non-hydrogen) atoms. The van der Waals surface area contributed by atoms with Gasteiger partial charge in [-0.3, -0.25) is 4.79 Å². The van der Waals surface area contributed by atoms with Crippen LogP contribution in [0.3, 0.4) is 0 Å².